The SMILES string of the molecule is ClC1=CC2=C(C=CC2Cc2ccc(Cl)cc2Cl)CC1. The fraction of sp³-hybridized carbons (Fsp3) is 0.250. The molecule has 0 saturated heterocycles. The van der Waals surface area contributed by atoms with Crippen molar-refractivity contribution in [2.75, 3.05) is 0 Å². The monoisotopic (exact) mass is 310 g/mol. The third-order valence-electron chi connectivity index (χ3n) is 3.70. The summed E-state index contributed by atoms with van der Waals surface area (Å²) in [4.78, 5) is 0. The van der Waals surface area contributed by atoms with Gasteiger partial charge in [-0.05, 0) is 54.2 Å². The van der Waals surface area contributed by atoms with E-state index < -0.39 is 0 Å². The Hall–Kier alpha value is -0.690. The number of hydrogen-bond acceptors (Lipinski definition) is 0. The van der Waals surface area contributed by atoms with Crippen LogP contribution in [0.25, 0.3) is 0 Å². The van der Waals surface area contributed by atoms with Crippen LogP contribution in [0.3, 0.4) is 0 Å². The standard InChI is InChI=1S/C16H13Cl3/c17-13-5-3-10-1-2-11(15(10)8-13)7-12-4-6-14(18)9-16(12)19/h1-2,4,6,8-9,11H,3,5,7H2. The third kappa shape index (κ3) is 2.76. The summed E-state index contributed by atoms with van der Waals surface area (Å²) in [5, 5.41) is 2.37. The van der Waals surface area contributed by atoms with Crippen molar-refractivity contribution in [1.29, 1.82) is 0 Å². The van der Waals surface area contributed by atoms with E-state index in [4.69, 9.17) is 34.8 Å². The minimum Gasteiger partial charge on any atom is -0.0891 e. The van der Waals surface area contributed by atoms with Crippen LogP contribution in [-0.2, 0) is 6.42 Å². The lowest BCUT2D eigenvalue weighted by atomic mass is 9.89. The molecular weight excluding hydrogens is 299 g/mol. The van der Waals surface area contributed by atoms with Gasteiger partial charge >= 0.3 is 0 Å². The van der Waals surface area contributed by atoms with Crippen molar-refractivity contribution in [3.05, 3.63) is 68.2 Å². The highest BCUT2D eigenvalue weighted by molar-refractivity contribution is 6.35. The number of allylic oxidation sites excluding steroid dienone is 6. The topological polar surface area (TPSA) is 0 Å². The van der Waals surface area contributed by atoms with E-state index in [-0.39, 0.29) is 0 Å². The van der Waals surface area contributed by atoms with Gasteiger partial charge in [-0.3, -0.25) is 0 Å². The zero-order valence-corrected chi connectivity index (χ0v) is 12.6. The van der Waals surface area contributed by atoms with Crippen LogP contribution in [0.4, 0.5) is 0 Å². The molecule has 0 spiro atoms. The van der Waals surface area contributed by atoms with E-state index in [2.05, 4.69) is 18.2 Å². The van der Waals surface area contributed by atoms with Gasteiger partial charge in [0, 0.05) is 21.0 Å². The lowest BCUT2D eigenvalue weighted by Gasteiger charge is -2.17. The van der Waals surface area contributed by atoms with Gasteiger partial charge < -0.3 is 0 Å². The summed E-state index contributed by atoms with van der Waals surface area (Å²) in [6, 6.07) is 5.70. The molecule has 0 bridgehead atoms. The molecule has 0 aliphatic heterocycles. The van der Waals surface area contributed by atoms with E-state index >= 15 is 0 Å². The maximum Gasteiger partial charge on any atom is 0.0453 e. The van der Waals surface area contributed by atoms with Crippen LogP contribution < -0.4 is 0 Å². The highest BCUT2D eigenvalue weighted by Crippen LogP contribution is 2.38. The van der Waals surface area contributed by atoms with Crippen LogP contribution in [0.15, 0.2) is 52.6 Å². The Morgan fingerprint density at radius 3 is 2.74 bits per heavy atom. The number of benzene rings is 1. The Balaban J connectivity index is 1.85. The minimum atomic E-state index is 0.378. The van der Waals surface area contributed by atoms with Crippen LogP contribution in [0.5, 0.6) is 0 Å². The second-order valence-electron chi connectivity index (χ2n) is 4.98. The lowest BCUT2D eigenvalue weighted by molar-refractivity contribution is 0.768. The van der Waals surface area contributed by atoms with Crippen molar-refractivity contribution in [3.8, 4) is 0 Å². The molecule has 0 amide bonds. The summed E-state index contributed by atoms with van der Waals surface area (Å²) in [6.07, 6.45) is 9.50. The van der Waals surface area contributed by atoms with Crippen molar-refractivity contribution < 1.29 is 0 Å². The second-order valence-corrected chi connectivity index (χ2v) is 6.31. The van der Waals surface area contributed by atoms with Crippen molar-refractivity contribution in [2.45, 2.75) is 19.3 Å². The molecule has 0 aromatic heterocycles. The molecule has 3 rings (SSSR count). The summed E-state index contributed by atoms with van der Waals surface area (Å²) < 4.78 is 0. The molecule has 98 valence electrons. The number of halogens is 3. The molecule has 0 heterocycles. The largest absolute Gasteiger partial charge is 0.0891 e. The molecule has 1 aromatic rings. The first-order valence-corrected chi connectivity index (χ1v) is 7.48. The van der Waals surface area contributed by atoms with Gasteiger partial charge in [-0.15, -0.1) is 0 Å². The average Bonchev–Trinajstić information content (AvgIpc) is 2.75. The number of hydrogen-bond donors (Lipinski definition) is 0. The Kier molecular flexibility index (Phi) is 3.75. The van der Waals surface area contributed by atoms with Crippen molar-refractivity contribution >= 4 is 34.8 Å². The van der Waals surface area contributed by atoms with Gasteiger partial charge in [0.05, 0.1) is 0 Å². The Labute approximate surface area is 128 Å². The Morgan fingerprint density at radius 1 is 1.11 bits per heavy atom. The van der Waals surface area contributed by atoms with Gasteiger partial charge in [0.25, 0.3) is 0 Å². The van der Waals surface area contributed by atoms with Crippen LogP contribution in [-0.4, -0.2) is 0 Å². The van der Waals surface area contributed by atoms with Gasteiger partial charge in [0.2, 0.25) is 0 Å². The molecule has 1 unspecified atom stereocenters. The van der Waals surface area contributed by atoms with Gasteiger partial charge in [-0.25, -0.2) is 0 Å². The Morgan fingerprint density at radius 2 is 1.95 bits per heavy atom. The lowest BCUT2D eigenvalue weighted by Crippen LogP contribution is -2.05. The van der Waals surface area contributed by atoms with E-state index in [1.54, 1.807) is 6.07 Å². The van der Waals surface area contributed by atoms with Crippen LogP contribution >= 0.6 is 34.8 Å². The molecule has 19 heavy (non-hydrogen) atoms. The Bertz CT molecular complexity index is 608. The maximum absolute atomic E-state index is 6.25. The van der Waals surface area contributed by atoms with Crippen LogP contribution in [0, 0.1) is 5.92 Å². The van der Waals surface area contributed by atoms with Crippen molar-refractivity contribution in [1.82, 2.24) is 0 Å². The van der Waals surface area contributed by atoms with Gasteiger partial charge in [-0.2, -0.15) is 0 Å². The molecule has 1 atom stereocenters. The number of rotatable bonds is 2. The van der Waals surface area contributed by atoms with E-state index in [1.807, 2.05) is 12.1 Å². The molecule has 3 heteroatoms. The van der Waals surface area contributed by atoms with Crippen LogP contribution in [0.1, 0.15) is 18.4 Å². The highest BCUT2D eigenvalue weighted by atomic mass is 35.5. The summed E-state index contributed by atoms with van der Waals surface area (Å²) in [5.74, 6) is 0.378. The molecule has 0 saturated carbocycles. The summed E-state index contributed by atoms with van der Waals surface area (Å²) in [6.45, 7) is 0. The quantitative estimate of drug-likeness (QED) is 0.634. The third-order valence-corrected chi connectivity index (χ3v) is 4.59. The smallest absolute Gasteiger partial charge is 0.0453 e. The summed E-state index contributed by atoms with van der Waals surface area (Å²) in [5.41, 5.74) is 3.89. The predicted octanol–water partition coefficient (Wildman–Crippen LogP) is 5.94. The van der Waals surface area contributed by atoms with Gasteiger partial charge in [0.15, 0.2) is 0 Å². The average molecular weight is 312 g/mol. The van der Waals surface area contributed by atoms with Crippen molar-refractivity contribution in [2.24, 2.45) is 5.92 Å². The zero-order chi connectivity index (χ0) is 13.4. The molecular formula is C16H13Cl3. The van der Waals surface area contributed by atoms with Crippen LogP contribution in [0.2, 0.25) is 10.0 Å². The molecule has 0 radical (unpaired) electrons. The van der Waals surface area contributed by atoms with Gasteiger partial charge in [-0.1, -0.05) is 53.0 Å². The highest BCUT2D eigenvalue weighted by Gasteiger charge is 2.23. The minimum absolute atomic E-state index is 0.378. The molecule has 0 fully saturated rings. The first kappa shape index (κ1) is 13.3. The maximum atomic E-state index is 6.25. The molecule has 1 aromatic carbocycles. The summed E-state index contributed by atoms with van der Waals surface area (Å²) >= 11 is 18.3. The first-order chi connectivity index (χ1) is 9.13. The normalized spacial score (nSPS) is 21.6. The van der Waals surface area contributed by atoms with Gasteiger partial charge in [0.1, 0.15) is 0 Å². The summed E-state index contributed by atoms with van der Waals surface area (Å²) in [7, 11) is 0. The molecule has 0 nitrogen and oxygen atoms in total. The van der Waals surface area contributed by atoms with E-state index in [0.717, 1.165) is 34.9 Å². The fourth-order valence-corrected chi connectivity index (χ4v) is 3.39. The predicted molar refractivity (Wildman–Crippen MR) is 83.0 cm³/mol. The van der Waals surface area contributed by atoms with E-state index in [1.165, 1.54) is 11.1 Å². The van der Waals surface area contributed by atoms with E-state index in [9.17, 15) is 0 Å². The first-order valence-electron chi connectivity index (χ1n) is 6.35. The molecule has 2 aliphatic carbocycles. The fourth-order valence-electron chi connectivity index (χ4n) is 2.69. The second kappa shape index (κ2) is 5.36. The molecule has 0 N–H and O–H groups in total. The molecule has 2 aliphatic rings. The van der Waals surface area contributed by atoms with Crippen molar-refractivity contribution in [3.63, 3.8) is 0 Å². The zero-order valence-electron chi connectivity index (χ0n) is 10.3. The van der Waals surface area contributed by atoms with E-state index in [0.29, 0.717) is 10.9 Å².